The number of imidazole rings is 1. The minimum absolute atomic E-state index is 0.446. The Morgan fingerprint density at radius 1 is 1.36 bits per heavy atom. The molecule has 0 bridgehead atoms. The molecule has 0 aliphatic carbocycles. The first-order chi connectivity index (χ1) is 12.3. The van der Waals surface area contributed by atoms with E-state index in [0.29, 0.717) is 5.92 Å². The normalized spacial score (nSPS) is 18.4. The van der Waals surface area contributed by atoms with E-state index in [0.717, 1.165) is 47.1 Å². The lowest BCUT2D eigenvalue weighted by Crippen LogP contribution is -2.34. The molecule has 4 heterocycles. The van der Waals surface area contributed by atoms with Gasteiger partial charge in [0.25, 0.3) is 0 Å². The standard InChI is InChI=1S/C17H21N7S/c1-12-22-23-17(25-12)21-15-6-2-5-14(20-15)13-4-3-9-24(10-13)11-16-18-7-8-19-16/h2,5-8,13H,3-4,9-11H2,1H3,(H,18,19)(H,20,21,23)/t13-/m0/s1. The molecule has 1 atom stereocenters. The van der Waals surface area contributed by atoms with Crippen LogP contribution in [0.4, 0.5) is 10.9 Å². The zero-order chi connectivity index (χ0) is 17.1. The molecule has 1 aliphatic heterocycles. The molecule has 1 fully saturated rings. The van der Waals surface area contributed by atoms with Crippen LogP contribution in [0.5, 0.6) is 0 Å². The van der Waals surface area contributed by atoms with E-state index in [1.165, 1.54) is 24.2 Å². The first-order valence-corrected chi connectivity index (χ1v) is 9.32. The summed E-state index contributed by atoms with van der Waals surface area (Å²) in [6.45, 7) is 4.93. The van der Waals surface area contributed by atoms with Crippen molar-refractivity contribution < 1.29 is 0 Å². The van der Waals surface area contributed by atoms with Crippen LogP contribution < -0.4 is 5.32 Å². The monoisotopic (exact) mass is 355 g/mol. The summed E-state index contributed by atoms with van der Waals surface area (Å²) in [6.07, 6.45) is 6.04. The van der Waals surface area contributed by atoms with Gasteiger partial charge in [0.15, 0.2) is 0 Å². The minimum Gasteiger partial charge on any atom is -0.348 e. The molecule has 3 aromatic heterocycles. The molecular weight excluding hydrogens is 334 g/mol. The van der Waals surface area contributed by atoms with Crippen LogP contribution in [0.15, 0.2) is 30.6 Å². The highest BCUT2D eigenvalue weighted by Gasteiger charge is 2.23. The smallest absolute Gasteiger partial charge is 0.211 e. The zero-order valence-corrected chi connectivity index (χ0v) is 15.0. The molecule has 1 aliphatic rings. The van der Waals surface area contributed by atoms with Crippen molar-refractivity contribution in [2.24, 2.45) is 0 Å². The number of anilines is 2. The van der Waals surface area contributed by atoms with Gasteiger partial charge in [-0.25, -0.2) is 9.97 Å². The van der Waals surface area contributed by atoms with Crippen LogP contribution in [0.2, 0.25) is 0 Å². The Bertz CT molecular complexity index is 814. The van der Waals surface area contributed by atoms with E-state index in [1.807, 2.05) is 25.4 Å². The molecule has 0 amide bonds. The van der Waals surface area contributed by atoms with E-state index in [-0.39, 0.29) is 0 Å². The van der Waals surface area contributed by atoms with Gasteiger partial charge in [-0.2, -0.15) is 0 Å². The molecule has 7 nitrogen and oxygen atoms in total. The summed E-state index contributed by atoms with van der Waals surface area (Å²) in [5.74, 6) is 2.30. The van der Waals surface area contributed by atoms with Crippen LogP contribution in [0.25, 0.3) is 0 Å². The van der Waals surface area contributed by atoms with Crippen molar-refractivity contribution in [3.05, 3.63) is 47.1 Å². The highest BCUT2D eigenvalue weighted by molar-refractivity contribution is 7.15. The lowest BCUT2D eigenvalue weighted by atomic mass is 9.94. The summed E-state index contributed by atoms with van der Waals surface area (Å²) in [7, 11) is 0. The minimum atomic E-state index is 0.446. The average molecular weight is 355 g/mol. The second-order valence-corrected chi connectivity index (χ2v) is 7.49. The number of pyridine rings is 1. The average Bonchev–Trinajstić information content (AvgIpc) is 3.27. The van der Waals surface area contributed by atoms with Crippen LogP contribution in [-0.4, -0.2) is 43.1 Å². The summed E-state index contributed by atoms with van der Waals surface area (Å²) in [5.41, 5.74) is 1.13. The number of H-pyrrole nitrogens is 1. The number of nitrogens with zero attached hydrogens (tertiary/aromatic N) is 5. The number of hydrogen-bond donors (Lipinski definition) is 2. The van der Waals surface area contributed by atoms with Crippen molar-refractivity contribution in [3.63, 3.8) is 0 Å². The van der Waals surface area contributed by atoms with Gasteiger partial charge in [-0.1, -0.05) is 17.4 Å². The van der Waals surface area contributed by atoms with Gasteiger partial charge < -0.3 is 10.3 Å². The molecule has 0 radical (unpaired) electrons. The number of piperidine rings is 1. The van der Waals surface area contributed by atoms with Crippen LogP contribution >= 0.6 is 11.3 Å². The maximum absolute atomic E-state index is 4.81. The van der Waals surface area contributed by atoms with Crippen LogP contribution in [0, 0.1) is 6.92 Å². The highest BCUT2D eigenvalue weighted by Crippen LogP contribution is 2.28. The number of aromatic nitrogens is 5. The SMILES string of the molecule is Cc1nnc(Nc2cccc([C@H]3CCCN(Cc4ncc[nH]4)C3)n2)s1. The van der Waals surface area contributed by atoms with E-state index < -0.39 is 0 Å². The summed E-state index contributed by atoms with van der Waals surface area (Å²) in [5, 5.41) is 13.1. The number of aryl methyl sites for hydroxylation is 1. The third-order valence-corrected chi connectivity index (χ3v) is 5.14. The fourth-order valence-electron chi connectivity index (χ4n) is 3.24. The van der Waals surface area contributed by atoms with Crippen molar-refractivity contribution in [2.45, 2.75) is 32.2 Å². The Morgan fingerprint density at radius 3 is 3.12 bits per heavy atom. The van der Waals surface area contributed by atoms with Crippen LogP contribution in [0.3, 0.4) is 0 Å². The predicted molar refractivity (Wildman–Crippen MR) is 98.0 cm³/mol. The topological polar surface area (TPSA) is 82.6 Å². The number of likely N-dealkylation sites (tertiary alicyclic amines) is 1. The first-order valence-electron chi connectivity index (χ1n) is 8.51. The Morgan fingerprint density at radius 2 is 2.32 bits per heavy atom. The van der Waals surface area contributed by atoms with Gasteiger partial charge >= 0.3 is 0 Å². The van der Waals surface area contributed by atoms with E-state index in [4.69, 9.17) is 4.98 Å². The van der Waals surface area contributed by atoms with Gasteiger partial charge in [-0.15, -0.1) is 10.2 Å². The maximum Gasteiger partial charge on any atom is 0.211 e. The molecule has 0 unspecified atom stereocenters. The largest absolute Gasteiger partial charge is 0.348 e. The van der Waals surface area contributed by atoms with E-state index in [1.54, 1.807) is 0 Å². The van der Waals surface area contributed by atoms with Gasteiger partial charge in [-0.3, -0.25) is 4.90 Å². The third kappa shape index (κ3) is 4.02. The predicted octanol–water partition coefficient (Wildman–Crippen LogP) is 3.09. The van der Waals surface area contributed by atoms with Crippen molar-refractivity contribution in [2.75, 3.05) is 18.4 Å². The lowest BCUT2D eigenvalue weighted by Gasteiger charge is -2.32. The summed E-state index contributed by atoms with van der Waals surface area (Å²) < 4.78 is 0. The third-order valence-electron chi connectivity index (χ3n) is 4.38. The van der Waals surface area contributed by atoms with Gasteiger partial charge in [0, 0.05) is 30.6 Å². The molecule has 2 N–H and O–H groups in total. The second kappa shape index (κ2) is 7.28. The molecule has 0 aromatic carbocycles. The lowest BCUT2D eigenvalue weighted by molar-refractivity contribution is 0.194. The number of nitrogens with one attached hydrogen (secondary N) is 2. The van der Waals surface area contributed by atoms with Crippen LogP contribution in [-0.2, 0) is 6.54 Å². The highest BCUT2D eigenvalue weighted by atomic mass is 32.1. The number of rotatable bonds is 5. The van der Waals surface area contributed by atoms with Crippen molar-refractivity contribution in [3.8, 4) is 0 Å². The molecule has 25 heavy (non-hydrogen) atoms. The Kier molecular flexibility index (Phi) is 4.71. The van der Waals surface area contributed by atoms with Crippen LogP contribution in [0.1, 0.15) is 35.3 Å². The summed E-state index contributed by atoms with van der Waals surface area (Å²) in [4.78, 5) is 14.8. The van der Waals surface area contributed by atoms with Crippen molar-refractivity contribution in [1.82, 2.24) is 30.0 Å². The van der Waals surface area contributed by atoms with E-state index in [2.05, 4.69) is 42.5 Å². The van der Waals surface area contributed by atoms with Gasteiger partial charge in [0.05, 0.1) is 6.54 Å². The van der Waals surface area contributed by atoms with Gasteiger partial charge in [0.2, 0.25) is 5.13 Å². The number of hydrogen-bond acceptors (Lipinski definition) is 7. The molecule has 130 valence electrons. The molecule has 4 rings (SSSR count). The molecule has 8 heteroatoms. The molecular formula is C17H21N7S. The van der Waals surface area contributed by atoms with Crippen molar-refractivity contribution >= 4 is 22.3 Å². The van der Waals surface area contributed by atoms with E-state index >= 15 is 0 Å². The maximum atomic E-state index is 4.81. The quantitative estimate of drug-likeness (QED) is 0.732. The summed E-state index contributed by atoms with van der Waals surface area (Å²) >= 11 is 1.53. The molecule has 0 saturated carbocycles. The van der Waals surface area contributed by atoms with Gasteiger partial charge in [0.1, 0.15) is 16.6 Å². The number of aromatic amines is 1. The molecule has 3 aromatic rings. The van der Waals surface area contributed by atoms with Crippen molar-refractivity contribution in [1.29, 1.82) is 0 Å². The molecule has 1 saturated heterocycles. The fourth-order valence-corrected chi connectivity index (χ4v) is 3.84. The second-order valence-electron chi connectivity index (χ2n) is 6.31. The fraction of sp³-hybridized carbons (Fsp3) is 0.412. The Labute approximate surface area is 150 Å². The first kappa shape index (κ1) is 16.2. The summed E-state index contributed by atoms with van der Waals surface area (Å²) in [6, 6.07) is 6.16. The molecule has 0 spiro atoms. The zero-order valence-electron chi connectivity index (χ0n) is 14.1. The Balaban J connectivity index is 1.44. The van der Waals surface area contributed by atoms with Gasteiger partial charge in [-0.05, 0) is 38.4 Å². The Hall–Kier alpha value is -2.32. The van der Waals surface area contributed by atoms with E-state index in [9.17, 15) is 0 Å².